The van der Waals surface area contributed by atoms with Crippen LogP contribution in [0, 0.1) is 18.8 Å². The van der Waals surface area contributed by atoms with Crippen molar-refractivity contribution in [1.82, 2.24) is 4.31 Å². The van der Waals surface area contributed by atoms with Gasteiger partial charge in [0.25, 0.3) is 5.58 Å². The van der Waals surface area contributed by atoms with Crippen molar-refractivity contribution in [3.05, 3.63) is 65.9 Å². The van der Waals surface area contributed by atoms with Crippen LogP contribution in [0.15, 0.2) is 63.9 Å². The van der Waals surface area contributed by atoms with Crippen molar-refractivity contribution in [2.45, 2.75) is 24.2 Å². The Morgan fingerprint density at radius 1 is 1.12 bits per heavy atom. The van der Waals surface area contributed by atoms with Crippen LogP contribution in [0.5, 0.6) is 0 Å². The lowest BCUT2D eigenvalue weighted by molar-refractivity contribution is 0.382. The van der Waals surface area contributed by atoms with E-state index in [1.54, 1.807) is 16.4 Å². The Kier molecular flexibility index (Phi) is 3.22. The normalized spacial score (nSPS) is 28.4. The highest BCUT2D eigenvalue weighted by atomic mass is 32.2. The number of para-hydroxylation sites is 1. The average molecular weight is 368 g/mol. The molecule has 2 heterocycles. The molecular formula is C21H22NO3S+. The molecule has 134 valence electrons. The van der Waals surface area contributed by atoms with Crippen LogP contribution >= 0.6 is 0 Å². The summed E-state index contributed by atoms with van der Waals surface area (Å²) in [6, 6.07) is 17.4. The summed E-state index contributed by atoms with van der Waals surface area (Å²) in [7, 11) is -3.45. The van der Waals surface area contributed by atoms with E-state index in [4.69, 9.17) is 4.42 Å². The van der Waals surface area contributed by atoms with Gasteiger partial charge in [0.2, 0.25) is 15.8 Å². The molecule has 4 nitrogen and oxygen atoms in total. The van der Waals surface area contributed by atoms with Crippen LogP contribution < -0.4 is 0 Å². The van der Waals surface area contributed by atoms with Crippen molar-refractivity contribution >= 4 is 21.0 Å². The van der Waals surface area contributed by atoms with Gasteiger partial charge in [-0.3, -0.25) is 0 Å². The van der Waals surface area contributed by atoms with Crippen LogP contribution in [0.3, 0.4) is 0 Å². The number of nitrogens with zero attached hydrogens (tertiary/aromatic N) is 1. The average Bonchev–Trinajstić information content (AvgIpc) is 3.03. The lowest BCUT2D eigenvalue weighted by Crippen LogP contribution is -2.34. The van der Waals surface area contributed by atoms with E-state index in [2.05, 4.69) is 19.1 Å². The van der Waals surface area contributed by atoms with Crippen molar-refractivity contribution in [3.63, 3.8) is 0 Å². The zero-order valence-corrected chi connectivity index (χ0v) is 15.7. The maximum absolute atomic E-state index is 13.1. The first-order valence-electron chi connectivity index (χ1n) is 9.03. The SMILES string of the molecule is Cc1ccc(S(=O)(=O)N2C[C@@H]3[C@@H](C)C3(c3cc4ccccc4[oH+]3)C2)cc1. The minimum absolute atomic E-state index is 0.128. The molecule has 3 aromatic rings. The maximum Gasteiger partial charge on any atom is 0.268 e. The van der Waals surface area contributed by atoms with E-state index in [0.717, 1.165) is 22.3 Å². The third-order valence-electron chi connectivity index (χ3n) is 6.41. The van der Waals surface area contributed by atoms with Gasteiger partial charge < -0.3 is 4.42 Å². The van der Waals surface area contributed by atoms with E-state index in [0.29, 0.717) is 29.8 Å². The standard InChI is InChI=1S/C21H21NO3S/c1-14-7-9-17(10-8-14)26(23,24)22-12-18-15(2)21(18,13-22)20-11-16-5-3-4-6-19(16)25-20/h3-11,15,18H,12-13H2,1-2H3/p+1/t15-,18-,21?/m1/s1. The number of fused-ring (bicyclic) bond motifs is 2. The molecule has 0 bridgehead atoms. The quantitative estimate of drug-likeness (QED) is 0.655. The predicted molar refractivity (Wildman–Crippen MR) is 102 cm³/mol. The van der Waals surface area contributed by atoms with Gasteiger partial charge in [-0.1, -0.05) is 36.8 Å². The van der Waals surface area contributed by atoms with Crippen molar-refractivity contribution in [3.8, 4) is 0 Å². The van der Waals surface area contributed by atoms with Crippen LogP contribution in [0.25, 0.3) is 11.0 Å². The Morgan fingerprint density at radius 3 is 2.58 bits per heavy atom. The number of hydrogen-bond acceptors (Lipinski definition) is 2. The number of piperidine rings is 1. The third-order valence-corrected chi connectivity index (χ3v) is 8.24. The van der Waals surface area contributed by atoms with Crippen molar-refractivity contribution in [2.24, 2.45) is 11.8 Å². The summed E-state index contributed by atoms with van der Waals surface area (Å²) in [5.74, 6) is 1.88. The molecular weight excluding hydrogens is 346 g/mol. The Labute approximate surface area is 153 Å². The molecule has 0 radical (unpaired) electrons. The summed E-state index contributed by atoms with van der Waals surface area (Å²) in [5.41, 5.74) is 1.93. The number of sulfonamides is 1. The van der Waals surface area contributed by atoms with Gasteiger partial charge in [0.05, 0.1) is 15.7 Å². The molecule has 1 saturated heterocycles. The van der Waals surface area contributed by atoms with E-state index in [1.807, 2.05) is 37.3 Å². The molecule has 0 spiro atoms. The Bertz CT molecular complexity index is 1070. The summed E-state index contributed by atoms with van der Waals surface area (Å²) in [6.45, 7) is 5.29. The van der Waals surface area contributed by atoms with Gasteiger partial charge >= 0.3 is 0 Å². The van der Waals surface area contributed by atoms with Crippen LogP contribution in [-0.2, 0) is 15.4 Å². The van der Waals surface area contributed by atoms with E-state index in [1.165, 1.54) is 0 Å². The zero-order chi connectivity index (χ0) is 18.1. The lowest BCUT2D eigenvalue weighted by atomic mass is 10.0. The zero-order valence-electron chi connectivity index (χ0n) is 14.9. The molecule has 5 rings (SSSR count). The molecule has 2 aromatic carbocycles. The number of rotatable bonds is 3. The van der Waals surface area contributed by atoms with Gasteiger partial charge in [-0.15, -0.1) is 0 Å². The highest BCUT2D eigenvalue weighted by molar-refractivity contribution is 7.89. The van der Waals surface area contributed by atoms with Crippen molar-refractivity contribution in [1.29, 1.82) is 0 Å². The second-order valence-electron chi connectivity index (χ2n) is 7.75. The molecule has 1 unspecified atom stereocenters. The highest BCUT2D eigenvalue weighted by Crippen LogP contribution is 2.65. The Morgan fingerprint density at radius 2 is 1.85 bits per heavy atom. The smallest absolute Gasteiger partial charge is 0.268 e. The first kappa shape index (κ1) is 16.1. The molecule has 2 fully saturated rings. The Hall–Kier alpha value is -2.11. The van der Waals surface area contributed by atoms with Gasteiger partial charge in [0.15, 0.2) is 0 Å². The summed E-state index contributed by atoms with van der Waals surface area (Å²) < 4.78 is 32.6. The fourth-order valence-electron chi connectivity index (χ4n) is 4.69. The monoisotopic (exact) mass is 368 g/mol. The second-order valence-corrected chi connectivity index (χ2v) is 9.68. The third kappa shape index (κ3) is 2.07. The largest absolute Gasteiger partial charge is 0.548 e. The van der Waals surface area contributed by atoms with E-state index < -0.39 is 10.0 Å². The first-order valence-corrected chi connectivity index (χ1v) is 10.5. The molecule has 1 aromatic heterocycles. The van der Waals surface area contributed by atoms with Gasteiger partial charge in [-0.2, -0.15) is 4.31 Å². The van der Waals surface area contributed by atoms with E-state index in [9.17, 15) is 8.42 Å². The summed E-state index contributed by atoms with van der Waals surface area (Å²) in [6.07, 6.45) is 0. The maximum atomic E-state index is 13.1. The first-order chi connectivity index (χ1) is 12.4. The lowest BCUT2D eigenvalue weighted by Gasteiger charge is -2.20. The molecule has 0 amide bonds. The Balaban J connectivity index is 1.50. The molecule has 1 aliphatic heterocycles. The van der Waals surface area contributed by atoms with Crippen LogP contribution in [0.4, 0.5) is 0 Å². The molecule has 1 saturated carbocycles. The van der Waals surface area contributed by atoms with Crippen molar-refractivity contribution in [2.75, 3.05) is 13.1 Å². The number of hydrogen-bond donors (Lipinski definition) is 0. The van der Waals surface area contributed by atoms with E-state index in [-0.39, 0.29) is 5.41 Å². The van der Waals surface area contributed by atoms with Gasteiger partial charge in [0, 0.05) is 25.2 Å². The van der Waals surface area contributed by atoms with Gasteiger partial charge in [-0.25, -0.2) is 8.42 Å². The highest BCUT2D eigenvalue weighted by Gasteiger charge is 2.73. The molecule has 26 heavy (non-hydrogen) atoms. The molecule has 3 atom stereocenters. The number of benzene rings is 2. The predicted octanol–water partition coefficient (Wildman–Crippen LogP) is 4.06. The molecule has 1 aliphatic carbocycles. The van der Waals surface area contributed by atoms with Crippen LogP contribution in [0.2, 0.25) is 0 Å². The van der Waals surface area contributed by atoms with Crippen molar-refractivity contribution < 1.29 is 12.8 Å². The van der Waals surface area contributed by atoms with Gasteiger partial charge in [0.1, 0.15) is 0 Å². The number of aryl methyl sites for hydroxylation is 1. The topological polar surface area (TPSA) is 50.2 Å². The van der Waals surface area contributed by atoms with Gasteiger partial charge in [-0.05, 0) is 37.0 Å². The minimum Gasteiger partial charge on any atom is -0.548 e. The minimum atomic E-state index is -3.45. The molecule has 2 aliphatic rings. The van der Waals surface area contributed by atoms with Crippen LogP contribution in [-0.4, -0.2) is 25.8 Å². The molecule has 5 heteroatoms. The fourth-order valence-corrected chi connectivity index (χ4v) is 6.21. The second kappa shape index (κ2) is 5.21. The summed E-state index contributed by atoms with van der Waals surface area (Å²) in [4.78, 5) is 0.382. The fraction of sp³-hybridized carbons (Fsp3) is 0.333. The van der Waals surface area contributed by atoms with Crippen LogP contribution in [0.1, 0.15) is 18.2 Å². The van der Waals surface area contributed by atoms with E-state index >= 15 is 0 Å². The molecule has 1 N–H and O–H groups in total. The summed E-state index contributed by atoms with van der Waals surface area (Å²) in [5, 5.41) is 1.13. The number of furan rings is 1. The summed E-state index contributed by atoms with van der Waals surface area (Å²) >= 11 is 0.